The van der Waals surface area contributed by atoms with E-state index in [2.05, 4.69) is 97.1 Å². The van der Waals surface area contributed by atoms with Gasteiger partial charge in [0.05, 0.1) is 40.0 Å². The molecule has 0 spiro atoms. The second-order valence-corrected chi connectivity index (χ2v) is 15.1. The van der Waals surface area contributed by atoms with Crippen LogP contribution >= 0.6 is 0 Å². The van der Waals surface area contributed by atoms with Gasteiger partial charge in [-0.2, -0.15) is 10.2 Å². The zero-order valence-corrected chi connectivity index (χ0v) is 50.2. The Morgan fingerprint density at radius 1 is 0.354 bits per heavy atom. The number of hydrogen-bond acceptors (Lipinski definition) is 12. The quantitative estimate of drug-likeness (QED) is 0.153. The number of allylic oxidation sites excluding steroid dienone is 1. The molecule has 1 aliphatic rings. The monoisotopic (exact) mass is 1090 g/mol. The number of rotatable bonds is 0. The standard InChI is InChI=1S/2C9H7N.C8H8N2.3C8H6N2.C7H7N3.6C2H6/c1-2-6-9-8(4-1)5-3-7-10-9;1-2-4-9-7-10-6-5-8(9)3-1;1-3-7-4-2-6-10-8(7)9-5-1;1-2-4-8-7(3-1)5-9-6-10-8;1-2-4-8-6-10-9-5-7(8)3-1;1-2-4-8-7(3-1)9-5-6-10-8;1-10-7-5-3-2-4-6(7)8-9-10;6*1-2/h2*1-7H;1-3,5-6H,4H2,(H,9,10);3*1-6H;2-5H,1H3;6*1-2H3. The van der Waals surface area contributed by atoms with Crippen molar-refractivity contribution in [3.63, 3.8) is 0 Å². The van der Waals surface area contributed by atoms with Gasteiger partial charge in [0.2, 0.25) is 0 Å². The van der Waals surface area contributed by atoms with Gasteiger partial charge in [-0.25, -0.2) is 19.6 Å². The van der Waals surface area contributed by atoms with E-state index in [0.717, 1.165) is 61.5 Å². The Bertz CT molecular complexity index is 2930. The molecule has 14 rings (SSSR count). The van der Waals surface area contributed by atoms with Crippen molar-refractivity contribution >= 4 is 71.2 Å². The van der Waals surface area contributed by atoms with E-state index in [-0.39, 0.29) is 0 Å². The molecular weight excluding hydrogens is 1010 g/mol. The van der Waals surface area contributed by atoms with E-state index >= 15 is 0 Å². The Balaban J connectivity index is 0.000000317. The number of aryl methyl sites for hydroxylation is 1. The lowest BCUT2D eigenvalue weighted by Gasteiger charge is -2.09. The largest absolute Gasteiger partial charge is 0.347 e. The SMILES string of the molecule is C1=CNc2ncccc2C1.CC.CC.CC.CC.CC.CC.Cn1nnc2ccccc21.c1ccc2cnccc2c1.c1ccc2cnncc2c1.c1ccc2ncccc2c1.c1ccc2nccnc2c1.c1ccc2ncncc2c1. The highest BCUT2D eigenvalue weighted by Crippen LogP contribution is 2.16. The van der Waals surface area contributed by atoms with Crippen molar-refractivity contribution in [1.82, 2.24) is 60.1 Å². The first kappa shape index (κ1) is 68.4. The van der Waals surface area contributed by atoms with Gasteiger partial charge in [0.15, 0.2) is 0 Å². The van der Waals surface area contributed by atoms with Crippen molar-refractivity contribution < 1.29 is 0 Å². The van der Waals surface area contributed by atoms with Gasteiger partial charge < -0.3 is 5.32 Å². The van der Waals surface area contributed by atoms with Crippen LogP contribution in [0.2, 0.25) is 0 Å². The lowest BCUT2D eigenvalue weighted by molar-refractivity contribution is 0.736. The Labute approximate surface area is 486 Å². The van der Waals surface area contributed by atoms with Gasteiger partial charge in [-0.3, -0.25) is 19.9 Å². The summed E-state index contributed by atoms with van der Waals surface area (Å²) >= 11 is 0. The molecule has 8 heterocycles. The molecule has 0 amide bonds. The van der Waals surface area contributed by atoms with E-state index in [1.54, 1.807) is 42.0 Å². The van der Waals surface area contributed by atoms with Crippen LogP contribution in [0.3, 0.4) is 0 Å². The first-order valence-corrected chi connectivity index (χ1v) is 28.3. The highest BCUT2D eigenvalue weighted by molar-refractivity contribution is 5.82. The molecule has 82 heavy (non-hydrogen) atoms. The van der Waals surface area contributed by atoms with Gasteiger partial charge in [-0.15, -0.1) is 5.10 Å². The number of nitrogens with one attached hydrogen (secondary N) is 1. The Morgan fingerprint density at radius 3 is 1.34 bits per heavy atom. The average Bonchev–Trinajstić information content (AvgIpc) is 4.00. The number of anilines is 1. The molecular formula is C69H83N13. The molecule has 424 valence electrons. The number of pyridine rings is 3. The molecule has 0 aliphatic carbocycles. The zero-order chi connectivity index (χ0) is 59.8. The van der Waals surface area contributed by atoms with Crippen LogP contribution in [-0.2, 0) is 13.5 Å². The number of nitrogens with zero attached hydrogens (tertiary/aromatic N) is 12. The van der Waals surface area contributed by atoms with Crippen LogP contribution in [0.5, 0.6) is 0 Å². The predicted molar refractivity (Wildman–Crippen MR) is 349 cm³/mol. The summed E-state index contributed by atoms with van der Waals surface area (Å²) in [5.41, 5.74) is 7.25. The predicted octanol–water partition coefficient (Wildman–Crippen LogP) is 18.0. The summed E-state index contributed by atoms with van der Waals surface area (Å²) in [6.07, 6.45) is 22.6. The summed E-state index contributed by atoms with van der Waals surface area (Å²) in [6, 6.07) is 57.9. The second kappa shape index (κ2) is 44.1. The van der Waals surface area contributed by atoms with Crippen molar-refractivity contribution in [2.45, 2.75) is 89.5 Å². The second-order valence-electron chi connectivity index (χ2n) is 15.1. The summed E-state index contributed by atoms with van der Waals surface area (Å²) in [5.74, 6) is 0.991. The fourth-order valence-corrected chi connectivity index (χ4v) is 6.86. The van der Waals surface area contributed by atoms with Gasteiger partial charge in [0.1, 0.15) is 17.7 Å². The maximum Gasteiger partial charge on any atom is 0.133 e. The lowest BCUT2D eigenvalue weighted by Crippen LogP contribution is -2.00. The number of aromatic nitrogens is 12. The van der Waals surface area contributed by atoms with Gasteiger partial charge in [0, 0.05) is 72.0 Å². The molecule has 0 saturated carbocycles. The molecule has 1 N–H and O–H groups in total. The Morgan fingerprint density at radius 2 is 0.793 bits per heavy atom. The number of hydrogen-bond donors (Lipinski definition) is 1. The molecule has 0 bridgehead atoms. The normalized spacial score (nSPS) is 9.52. The van der Waals surface area contributed by atoms with Crippen molar-refractivity contribution in [2.24, 2.45) is 7.05 Å². The fraction of sp³-hybridized carbons (Fsp3) is 0.203. The van der Waals surface area contributed by atoms with Gasteiger partial charge >= 0.3 is 0 Å². The van der Waals surface area contributed by atoms with Crippen molar-refractivity contribution in [3.05, 3.63) is 256 Å². The smallest absolute Gasteiger partial charge is 0.133 e. The van der Waals surface area contributed by atoms with E-state index in [4.69, 9.17) is 0 Å². The fourth-order valence-electron chi connectivity index (χ4n) is 6.86. The number of para-hydroxylation sites is 5. The highest BCUT2D eigenvalue weighted by atomic mass is 15.4. The van der Waals surface area contributed by atoms with Crippen LogP contribution in [0.25, 0.3) is 65.4 Å². The molecule has 13 aromatic rings. The third-order valence-corrected chi connectivity index (χ3v) is 10.4. The number of benzene rings is 6. The first-order chi connectivity index (χ1) is 40.7. The number of fused-ring (bicyclic) bond motifs is 7. The molecule has 6 aromatic carbocycles. The van der Waals surface area contributed by atoms with Crippen LogP contribution in [0.1, 0.15) is 88.6 Å². The summed E-state index contributed by atoms with van der Waals surface area (Å²) in [5, 5.41) is 25.4. The summed E-state index contributed by atoms with van der Waals surface area (Å²) in [6.45, 7) is 24.0. The van der Waals surface area contributed by atoms with Crippen LogP contribution in [-0.4, -0.2) is 60.1 Å². The average molecular weight is 1090 g/mol. The van der Waals surface area contributed by atoms with E-state index in [1.807, 2.05) is 267 Å². The Kier molecular flexibility index (Phi) is 36.8. The summed E-state index contributed by atoms with van der Waals surface area (Å²) in [7, 11) is 1.88. The third kappa shape index (κ3) is 24.1. The van der Waals surface area contributed by atoms with Crippen LogP contribution in [0, 0.1) is 0 Å². The maximum atomic E-state index is 4.18. The molecule has 0 atom stereocenters. The maximum absolute atomic E-state index is 4.18. The van der Waals surface area contributed by atoms with E-state index in [0.29, 0.717) is 0 Å². The molecule has 1 aliphatic heterocycles. The van der Waals surface area contributed by atoms with Gasteiger partial charge in [-0.05, 0) is 83.6 Å². The zero-order valence-electron chi connectivity index (χ0n) is 50.2. The minimum Gasteiger partial charge on any atom is -0.347 e. The Hall–Kier alpha value is -9.75. The first-order valence-electron chi connectivity index (χ1n) is 28.3. The minimum absolute atomic E-state index is 0.949. The van der Waals surface area contributed by atoms with Crippen molar-refractivity contribution in [1.29, 1.82) is 0 Å². The van der Waals surface area contributed by atoms with Crippen molar-refractivity contribution in [2.75, 3.05) is 5.32 Å². The van der Waals surface area contributed by atoms with E-state index in [9.17, 15) is 0 Å². The van der Waals surface area contributed by atoms with Crippen molar-refractivity contribution in [3.8, 4) is 0 Å². The topological polar surface area (TPSA) is 159 Å². The van der Waals surface area contributed by atoms with Crippen LogP contribution < -0.4 is 5.32 Å². The molecule has 7 aromatic heterocycles. The van der Waals surface area contributed by atoms with Crippen LogP contribution in [0.15, 0.2) is 250 Å². The third-order valence-electron chi connectivity index (χ3n) is 10.4. The van der Waals surface area contributed by atoms with Gasteiger partial charge in [-0.1, -0.05) is 216 Å². The molecule has 0 saturated heterocycles. The summed E-state index contributed by atoms with van der Waals surface area (Å²) < 4.78 is 1.76. The molecule has 0 fully saturated rings. The van der Waals surface area contributed by atoms with E-state index < -0.39 is 0 Å². The lowest BCUT2D eigenvalue weighted by atomic mass is 10.1. The molecule has 13 nitrogen and oxygen atoms in total. The highest BCUT2D eigenvalue weighted by Gasteiger charge is 2.02. The summed E-state index contributed by atoms with van der Waals surface area (Å²) in [4.78, 5) is 28.6. The van der Waals surface area contributed by atoms with Crippen LogP contribution in [0.4, 0.5) is 5.82 Å². The molecule has 0 radical (unpaired) electrons. The van der Waals surface area contributed by atoms with E-state index in [1.165, 1.54) is 21.7 Å². The molecule has 0 unspecified atom stereocenters. The minimum atomic E-state index is 0.949. The molecule has 13 heteroatoms. The van der Waals surface area contributed by atoms with Gasteiger partial charge in [0.25, 0.3) is 0 Å².